The van der Waals surface area contributed by atoms with E-state index in [0.29, 0.717) is 12.1 Å². The molecule has 0 saturated heterocycles. The van der Waals surface area contributed by atoms with Crippen molar-refractivity contribution in [3.8, 4) is 0 Å². The number of H-pyrrole nitrogens is 1. The summed E-state index contributed by atoms with van der Waals surface area (Å²) in [4.78, 5) is 15.3. The molecule has 3 aromatic rings. The van der Waals surface area contributed by atoms with Gasteiger partial charge in [-0.3, -0.25) is 9.88 Å². The van der Waals surface area contributed by atoms with Gasteiger partial charge in [0.15, 0.2) is 0 Å². The Morgan fingerprint density at radius 3 is 3.12 bits per heavy atom. The number of para-hydroxylation sites is 2. The molecule has 2 aromatic heterocycles. The zero-order valence-electron chi connectivity index (χ0n) is 16.1. The molecule has 0 fully saturated rings. The van der Waals surface area contributed by atoms with E-state index in [-0.39, 0.29) is 0 Å². The average molecular weight is 350 g/mol. The van der Waals surface area contributed by atoms with Gasteiger partial charge in [-0.25, -0.2) is 4.98 Å². The van der Waals surface area contributed by atoms with Crippen molar-refractivity contribution in [2.75, 3.05) is 13.1 Å². The molecule has 0 spiro atoms. The quantitative estimate of drug-likeness (QED) is 0.639. The summed E-state index contributed by atoms with van der Waals surface area (Å²) in [5.74, 6) is 0.917. The zero-order valence-corrected chi connectivity index (χ0v) is 15.1. The fourth-order valence-corrected chi connectivity index (χ4v) is 3.95. The fraction of sp³-hybridized carbons (Fsp3) is 0.429. The van der Waals surface area contributed by atoms with E-state index in [1.54, 1.807) is 6.07 Å². The molecule has 0 bridgehead atoms. The Hall–Kier alpha value is -2.24. The largest absolute Gasteiger partial charge is 0.341 e. The number of nitrogens with two attached hydrogens (primary N) is 1. The van der Waals surface area contributed by atoms with Crippen LogP contribution in [0, 0.1) is 0 Å². The summed E-state index contributed by atoms with van der Waals surface area (Å²) >= 11 is 0. The first-order valence-electron chi connectivity index (χ1n) is 10.1. The second-order valence-corrected chi connectivity index (χ2v) is 7.04. The minimum Gasteiger partial charge on any atom is -0.341 e. The van der Waals surface area contributed by atoms with E-state index in [4.69, 9.17) is 17.1 Å². The van der Waals surface area contributed by atoms with Crippen molar-refractivity contribution in [1.29, 1.82) is 0 Å². The highest BCUT2D eigenvalue weighted by Crippen LogP contribution is 2.33. The van der Waals surface area contributed by atoms with Crippen molar-refractivity contribution >= 4 is 11.0 Å². The van der Waals surface area contributed by atoms with E-state index in [9.17, 15) is 0 Å². The smallest absolute Gasteiger partial charge is 0.121 e. The van der Waals surface area contributed by atoms with E-state index in [1.165, 1.54) is 17.7 Å². The summed E-state index contributed by atoms with van der Waals surface area (Å²) in [6.45, 7) is 2.43. The highest BCUT2D eigenvalue weighted by atomic mass is 15.2. The number of pyridine rings is 1. The number of aromatic nitrogens is 3. The molecular weight excluding hydrogens is 322 g/mol. The summed E-state index contributed by atoms with van der Waals surface area (Å²) in [5, 5.41) is 0. The van der Waals surface area contributed by atoms with Crippen molar-refractivity contribution in [2.45, 2.75) is 44.7 Å². The van der Waals surface area contributed by atoms with E-state index in [0.717, 1.165) is 62.2 Å². The molecule has 0 amide bonds. The maximum atomic E-state index is 8.07. The molecule has 3 N–H and O–H groups in total. The molecule has 26 heavy (non-hydrogen) atoms. The van der Waals surface area contributed by atoms with Gasteiger partial charge in [-0.15, -0.1) is 0 Å². The number of benzene rings is 1. The molecule has 1 atom stereocenters. The summed E-state index contributed by atoms with van der Waals surface area (Å²) in [7, 11) is 0. The maximum absolute atomic E-state index is 8.07. The van der Waals surface area contributed by atoms with Crippen LogP contribution in [0.5, 0.6) is 0 Å². The van der Waals surface area contributed by atoms with Crippen LogP contribution in [0.25, 0.3) is 11.0 Å². The molecule has 5 nitrogen and oxygen atoms in total. The van der Waals surface area contributed by atoms with Crippen molar-refractivity contribution in [3.05, 3.63) is 59.7 Å². The second-order valence-electron chi connectivity index (χ2n) is 7.04. The Balaban J connectivity index is 1.62. The zero-order chi connectivity index (χ0) is 18.6. The minimum absolute atomic E-state index is 0.316. The van der Waals surface area contributed by atoms with E-state index in [1.807, 2.05) is 24.4 Å². The summed E-state index contributed by atoms with van der Waals surface area (Å²) in [6.07, 6.45) is 7.42. The SMILES string of the molecule is [2H]c1cccc2[nH]c(CN(CCCCN)[C@H]3CCCc4cccnc43)nc12. The maximum Gasteiger partial charge on any atom is 0.121 e. The monoisotopic (exact) mass is 350 g/mol. The Morgan fingerprint density at radius 2 is 2.23 bits per heavy atom. The van der Waals surface area contributed by atoms with Gasteiger partial charge in [-0.2, -0.15) is 0 Å². The first-order valence-corrected chi connectivity index (χ1v) is 9.58. The summed E-state index contributed by atoms with van der Waals surface area (Å²) in [5.41, 5.74) is 9.99. The highest BCUT2D eigenvalue weighted by Gasteiger charge is 2.27. The van der Waals surface area contributed by atoms with Crippen molar-refractivity contribution in [1.82, 2.24) is 19.9 Å². The molecule has 2 heterocycles. The molecule has 0 aliphatic heterocycles. The van der Waals surface area contributed by atoms with Crippen LogP contribution < -0.4 is 5.73 Å². The molecule has 0 saturated carbocycles. The number of nitrogens with zero attached hydrogens (tertiary/aromatic N) is 3. The third-order valence-electron chi connectivity index (χ3n) is 5.22. The number of aryl methyl sites for hydroxylation is 1. The van der Waals surface area contributed by atoms with E-state index < -0.39 is 0 Å². The highest BCUT2D eigenvalue weighted by molar-refractivity contribution is 5.74. The predicted molar refractivity (Wildman–Crippen MR) is 105 cm³/mol. The van der Waals surface area contributed by atoms with Gasteiger partial charge in [0.05, 0.1) is 30.7 Å². The van der Waals surface area contributed by atoms with Crippen LogP contribution in [0.2, 0.25) is 0 Å². The van der Waals surface area contributed by atoms with Gasteiger partial charge in [0.1, 0.15) is 5.82 Å². The molecule has 1 aliphatic carbocycles. The van der Waals surface area contributed by atoms with Crippen LogP contribution in [-0.2, 0) is 13.0 Å². The van der Waals surface area contributed by atoms with Gasteiger partial charge in [0, 0.05) is 6.20 Å². The lowest BCUT2D eigenvalue weighted by molar-refractivity contribution is 0.159. The average Bonchev–Trinajstić information content (AvgIpc) is 3.11. The van der Waals surface area contributed by atoms with Crippen molar-refractivity contribution < 1.29 is 1.37 Å². The first-order chi connectivity index (χ1) is 13.3. The van der Waals surface area contributed by atoms with Crippen LogP contribution in [0.1, 0.15) is 50.2 Å². The third kappa shape index (κ3) is 3.64. The standard InChI is InChI=1S/C21H27N5/c22-12-3-4-14-26(15-20-24-17-9-1-2-10-18(17)25-20)19-11-5-7-16-8-6-13-23-21(16)19/h1-2,6,8-10,13,19H,3-5,7,11-12,14-15,22H2,(H,24,25)/t19-/m0/s1/i9D. The molecule has 1 aliphatic rings. The Labute approximate surface area is 156 Å². The minimum atomic E-state index is 0.316. The number of rotatable bonds is 7. The molecule has 136 valence electrons. The van der Waals surface area contributed by atoms with Gasteiger partial charge in [0.25, 0.3) is 0 Å². The molecule has 5 heteroatoms. The van der Waals surface area contributed by atoms with Gasteiger partial charge < -0.3 is 10.7 Å². The van der Waals surface area contributed by atoms with Crippen molar-refractivity contribution in [2.24, 2.45) is 5.73 Å². The number of hydrogen-bond donors (Lipinski definition) is 2. The number of imidazole rings is 1. The first kappa shape index (κ1) is 16.0. The number of nitrogens with one attached hydrogen (secondary N) is 1. The lowest BCUT2D eigenvalue weighted by Gasteiger charge is -2.34. The van der Waals surface area contributed by atoms with Crippen LogP contribution in [-0.4, -0.2) is 32.9 Å². The van der Waals surface area contributed by atoms with Gasteiger partial charge in [0.2, 0.25) is 0 Å². The second kappa shape index (κ2) is 7.98. The molecule has 4 rings (SSSR count). The van der Waals surface area contributed by atoms with E-state index in [2.05, 4.69) is 16.0 Å². The number of aromatic amines is 1. The summed E-state index contributed by atoms with van der Waals surface area (Å²) < 4.78 is 8.07. The molecular formula is C21H27N5. The number of fused-ring (bicyclic) bond motifs is 2. The van der Waals surface area contributed by atoms with Crippen LogP contribution >= 0.6 is 0 Å². The van der Waals surface area contributed by atoms with E-state index >= 15 is 0 Å². The van der Waals surface area contributed by atoms with Gasteiger partial charge >= 0.3 is 0 Å². The fourth-order valence-electron chi connectivity index (χ4n) is 3.95. The molecule has 0 radical (unpaired) electrons. The van der Waals surface area contributed by atoms with Crippen LogP contribution in [0.3, 0.4) is 0 Å². The third-order valence-corrected chi connectivity index (χ3v) is 5.22. The lowest BCUT2D eigenvalue weighted by Crippen LogP contribution is -2.33. The Morgan fingerprint density at radius 1 is 1.27 bits per heavy atom. The topological polar surface area (TPSA) is 70.8 Å². The number of hydrogen-bond acceptors (Lipinski definition) is 4. The molecule has 1 aromatic carbocycles. The molecule has 0 unspecified atom stereocenters. The number of unbranched alkanes of at least 4 members (excludes halogenated alkanes) is 1. The van der Waals surface area contributed by atoms with Gasteiger partial charge in [-0.1, -0.05) is 18.2 Å². The summed E-state index contributed by atoms with van der Waals surface area (Å²) in [6, 6.07) is 10.7. The van der Waals surface area contributed by atoms with Crippen LogP contribution in [0.4, 0.5) is 0 Å². The Bertz CT molecular complexity index is 906. The lowest BCUT2D eigenvalue weighted by atomic mass is 9.90. The van der Waals surface area contributed by atoms with Gasteiger partial charge in [-0.05, 0) is 68.9 Å². The normalized spacial score (nSPS) is 17.5. The van der Waals surface area contributed by atoms with Crippen LogP contribution in [0.15, 0.2) is 42.6 Å². The Kier molecular flexibility index (Phi) is 4.90. The van der Waals surface area contributed by atoms with Crippen molar-refractivity contribution in [3.63, 3.8) is 0 Å². The predicted octanol–water partition coefficient (Wildman–Crippen LogP) is 3.58.